The minimum absolute atomic E-state index is 0.0222. The van der Waals surface area contributed by atoms with E-state index in [4.69, 9.17) is 27.9 Å². The SMILES string of the molecule is CC(Oc1cccc(Cl)c1Cl)C(=O)N1CC[C@@H]2CNC[C@@H]2CC1. The molecule has 23 heavy (non-hydrogen) atoms. The van der Waals surface area contributed by atoms with Gasteiger partial charge in [-0.15, -0.1) is 0 Å². The van der Waals surface area contributed by atoms with Gasteiger partial charge in [0, 0.05) is 13.1 Å². The molecule has 1 unspecified atom stereocenters. The summed E-state index contributed by atoms with van der Waals surface area (Å²) in [5, 5.41) is 4.23. The molecule has 2 heterocycles. The summed E-state index contributed by atoms with van der Waals surface area (Å²) < 4.78 is 5.76. The van der Waals surface area contributed by atoms with Crippen LogP contribution in [0.15, 0.2) is 18.2 Å². The van der Waals surface area contributed by atoms with Gasteiger partial charge in [0.15, 0.2) is 6.10 Å². The van der Waals surface area contributed by atoms with Crippen molar-refractivity contribution >= 4 is 29.1 Å². The average molecular weight is 357 g/mol. The van der Waals surface area contributed by atoms with Crippen LogP contribution in [0.3, 0.4) is 0 Å². The van der Waals surface area contributed by atoms with Crippen molar-refractivity contribution in [2.75, 3.05) is 26.2 Å². The largest absolute Gasteiger partial charge is 0.479 e. The van der Waals surface area contributed by atoms with E-state index in [1.807, 2.05) is 4.90 Å². The Morgan fingerprint density at radius 2 is 1.91 bits per heavy atom. The number of likely N-dealkylation sites (tertiary alicyclic amines) is 1. The summed E-state index contributed by atoms with van der Waals surface area (Å²) in [5.41, 5.74) is 0. The number of ether oxygens (including phenoxy) is 1. The van der Waals surface area contributed by atoms with Crippen molar-refractivity contribution in [1.29, 1.82) is 0 Å². The van der Waals surface area contributed by atoms with Crippen LogP contribution in [0.4, 0.5) is 0 Å². The first-order valence-electron chi connectivity index (χ1n) is 8.16. The van der Waals surface area contributed by atoms with Gasteiger partial charge in [0.25, 0.3) is 5.91 Å². The molecule has 1 amide bonds. The Hall–Kier alpha value is -0.970. The van der Waals surface area contributed by atoms with Crippen LogP contribution in [-0.2, 0) is 4.79 Å². The van der Waals surface area contributed by atoms with Gasteiger partial charge in [-0.25, -0.2) is 0 Å². The zero-order valence-corrected chi connectivity index (χ0v) is 14.7. The maximum Gasteiger partial charge on any atom is 0.263 e. The molecule has 0 aromatic heterocycles. The first-order chi connectivity index (χ1) is 11.1. The van der Waals surface area contributed by atoms with E-state index < -0.39 is 6.10 Å². The van der Waals surface area contributed by atoms with Crippen LogP contribution in [0.2, 0.25) is 10.0 Å². The molecule has 0 radical (unpaired) electrons. The van der Waals surface area contributed by atoms with Crippen molar-refractivity contribution in [3.8, 4) is 5.75 Å². The second-order valence-corrected chi connectivity index (χ2v) is 7.18. The van der Waals surface area contributed by atoms with Gasteiger partial charge in [0.1, 0.15) is 10.8 Å². The third-order valence-corrected chi connectivity index (χ3v) is 5.70. The maximum absolute atomic E-state index is 12.7. The van der Waals surface area contributed by atoms with Crippen LogP contribution in [0.1, 0.15) is 19.8 Å². The number of hydrogen-bond donors (Lipinski definition) is 1. The predicted octanol–water partition coefficient (Wildman–Crippen LogP) is 3.22. The van der Waals surface area contributed by atoms with Gasteiger partial charge in [-0.1, -0.05) is 29.3 Å². The molecule has 1 aromatic rings. The predicted molar refractivity (Wildman–Crippen MR) is 92.2 cm³/mol. The Morgan fingerprint density at radius 3 is 2.57 bits per heavy atom. The number of amides is 1. The second kappa shape index (κ2) is 7.29. The van der Waals surface area contributed by atoms with E-state index in [2.05, 4.69) is 5.32 Å². The smallest absolute Gasteiger partial charge is 0.263 e. The third kappa shape index (κ3) is 3.76. The zero-order valence-electron chi connectivity index (χ0n) is 13.2. The van der Waals surface area contributed by atoms with Gasteiger partial charge in [-0.3, -0.25) is 4.79 Å². The van der Waals surface area contributed by atoms with Crippen molar-refractivity contribution in [3.63, 3.8) is 0 Å². The quantitative estimate of drug-likeness (QED) is 0.903. The first kappa shape index (κ1) is 16.9. The summed E-state index contributed by atoms with van der Waals surface area (Å²) in [6.07, 6.45) is 1.56. The Balaban J connectivity index is 1.62. The molecule has 2 saturated heterocycles. The Bertz CT molecular complexity index is 568. The van der Waals surface area contributed by atoms with Gasteiger partial charge >= 0.3 is 0 Å². The summed E-state index contributed by atoms with van der Waals surface area (Å²) in [7, 11) is 0. The van der Waals surface area contributed by atoms with Crippen LogP contribution in [0, 0.1) is 11.8 Å². The molecule has 4 nitrogen and oxygen atoms in total. The van der Waals surface area contributed by atoms with Crippen LogP contribution >= 0.6 is 23.2 Å². The molecular weight excluding hydrogens is 335 g/mol. The fourth-order valence-corrected chi connectivity index (χ4v) is 3.85. The highest BCUT2D eigenvalue weighted by Gasteiger charge is 2.33. The van der Waals surface area contributed by atoms with E-state index in [0.717, 1.165) is 39.0 Å². The fraction of sp³-hybridized carbons (Fsp3) is 0.588. The van der Waals surface area contributed by atoms with Crippen LogP contribution in [0.5, 0.6) is 5.75 Å². The van der Waals surface area contributed by atoms with E-state index >= 15 is 0 Å². The summed E-state index contributed by atoms with van der Waals surface area (Å²) in [5.74, 6) is 1.88. The highest BCUT2D eigenvalue weighted by molar-refractivity contribution is 6.42. The topological polar surface area (TPSA) is 41.6 Å². The first-order valence-corrected chi connectivity index (χ1v) is 8.92. The molecule has 1 N–H and O–H groups in total. The number of nitrogens with one attached hydrogen (secondary N) is 1. The van der Waals surface area contributed by atoms with E-state index in [1.165, 1.54) is 0 Å². The lowest BCUT2D eigenvalue weighted by Gasteiger charge is -2.25. The number of halogens is 2. The van der Waals surface area contributed by atoms with E-state index in [9.17, 15) is 4.79 Å². The summed E-state index contributed by atoms with van der Waals surface area (Å²) in [6, 6.07) is 5.20. The highest BCUT2D eigenvalue weighted by atomic mass is 35.5. The molecule has 1 aromatic carbocycles. The van der Waals surface area contributed by atoms with Crippen LogP contribution in [-0.4, -0.2) is 43.1 Å². The number of nitrogens with zero attached hydrogens (tertiary/aromatic N) is 1. The lowest BCUT2D eigenvalue weighted by Crippen LogP contribution is -2.41. The highest BCUT2D eigenvalue weighted by Crippen LogP contribution is 2.32. The molecule has 2 fully saturated rings. The molecule has 0 saturated carbocycles. The summed E-state index contributed by atoms with van der Waals surface area (Å²) in [4.78, 5) is 14.6. The molecule has 2 aliphatic heterocycles. The fourth-order valence-electron chi connectivity index (χ4n) is 3.51. The molecule has 3 atom stereocenters. The number of benzene rings is 1. The number of hydrogen-bond acceptors (Lipinski definition) is 3. The van der Waals surface area contributed by atoms with E-state index in [1.54, 1.807) is 25.1 Å². The van der Waals surface area contributed by atoms with Gasteiger partial charge in [0.05, 0.1) is 5.02 Å². The number of carbonyl (C=O) groups excluding carboxylic acids is 1. The zero-order chi connectivity index (χ0) is 16.4. The second-order valence-electron chi connectivity index (χ2n) is 6.39. The lowest BCUT2D eigenvalue weighted by molar-refractivity contribution is -0.137. The minimum atomic E-state index is -0.568. The van der Waals surface area contributed by atoms with E-state index in [0.29, 0.717) is 27.6 Å². The number of rotatable bonds is 3. The van der Waals surface area contributed by atoms with Crippen LogP contribution < -0.4 is 10.1 Å². The van der Waals surface area contributed by atoms with Gasteiger partial charge < -0.3 is 15.0 Å². The maximum atomic E-state index is 12.7. The van der Waals surface area contributed by atoms with Gasteiger partial charge in [-0.2, -0.15) is 0 Å². The molecule has 0 aliphatic carbocycles. The van der Waals surface area contributed by atoms with Crippen molar-refractivity contribution in [2.45, 2.75) is 25.9 Å². The average Bonchev–Trinajstić information content (AvgIpc) is 2.90. The van der Waals surface area contributed by atoms with E-state index in [-0.39, 0.29) is 5.91 Å². The molecule has 0 spiro atoms. The standard InChI is InChI=1S/C17H22Cl2N2O2/c1-11(23-15-4-2-3-14(18)16(15)19)17(22)21-7-5-12-9-20-10-13(12)6-8-21/h2-4,11-13,20H,5-10H2,1H3/t11?,12-,13+. The summed E-state index contributed by atoms with van der Waals surface area (Å²) in [6.45, 7) is 5.54. The number of carbonyl (C=O) groups is 1. The van der Waals surface area contributed by atoms with Crippen molar-refractivity contribution < 1.29 is 9.53 Å². The molecular formula is C17H22Cl2N2O2. The molecule has 0 bridgehead atoms. The lowest BCUT2D eigenvalue weighted by atomic mass is 9.92. The summed E-state index contributed by atoms with van der Waals surface area (Å²) >= 11 is 12.1. The molecule has 2 aliphatic rings. The Labute approximate surface area is 147 Å². The number of fused-ring (bicyclic) bond motifs is 1. The normalized spacial score (nSPS) is 25.6. The molecule has 126 valence electrons. The van der Waals surface area contributed by atoms with Crippen molar-refractivity contribution in [3.05, 3.63) is 28.2 Å². The Morgan fingerprint density at radius 1 is 1.26 bits per heavy atom. The van der Waals surface area contributed by atoms with Gasteiger partial charge in [0.2, 0.25) is 0 Å². The Kier molecular flexibility index (Phi) is 5.34. The van der Waals surface area contributed by atoms with Gasteiger partial charge in [-0.05, 0) is 56.8 Å². The minimum Gasteiger partial charge on any atom is -0.479 e. The molecule has 3 rings (SSSR count). The third-order valence-electron chi connectivity index (χ3n) is 4.90. The van der Waals surface area contributed by atoms with Crippen molar-refractivity contribution in [2.24, 2.45) is 11.8 Å². The van der Waals surface area contributed by atoms with Crippen LogP contribution in [0.25, 0.3) is 0 Å². The monoisotopic (exact) mass is 356 g/mol. The molecule has 6 heteroatoms. The van der Waals surface area contributed by atoms with Crippen molar-refractivity contribution in [1.82, 2.24) is 10.2 Å².